The van der Waals surface area contributed by atoms with Crippen molar-refractivity contribution in [1.29, 1.82) is 0 Å². The van der Waals surface area contributed by atoms with Crippen LogP contribution in [0.15, 0.2) is 24.3 Å². The van der Waals surface area contributed by atoms with E-state index < -0.39 is 0 Å². The zero-order valence-electron chi connectivity index (χ0n) is 12.1. The van der Waals surface area contributed by atoms with Gasteiger partial charge in [-0.05, 0) is 31.6 Å². The molecule has 1 saturated carbocycles. The van der Waals surface area contributed by atoms with Gasteiger partial charge in [0.25, 0.3) is 0 Å². The number of aliphatic hydroxyl groups excluding tert-OH is 2. The second-order valence-electron chi connectivity index (χ2n) is 6.32. The highest BCUT2D eigenvalue weighted by molar-refractivity contribution is 5.24. The zero-order valence-corrected chi connectivity index (χ0v) is 12.1. The molecule has 0 bridgehead atoms. The van der Waals surface area contributed by atoms with Crippen LogP contribution >= 0.6 is 0 Å². The first kappa shape index (κ1) is 14.8. The van der Waals surface area contributed by atoms with Gasteiger partial charge in [0.15, 0.2) is 0 Å². The van der Waals surface area contributed by atoms with Crippen molar-refractivity contribution in [3.63, 3.8) is 0 Å². The van der Waals surface area contributed by atoms with Gasteiger partial charge in [0.05, 0.1) is 12.2 Å². The van der Waals surface area contributed by atoms with Crippen molar-refractivity contribution in [3.8, 4) is 0 Å². The van der Waals surface area contributed by atoms with Crippen LogP contribution in [-0.4, -0.2) is 22.4 Å². The van der Waals surface area contributed by atoms with Gasteiger partial charge in [-0.3, -0.25) is 0 Å². The smallest absolute Gasteiger partial charge is 0.0721 e. The summed E-state index contributed by atoms with van der Waals surface area (Å²) in [7, 11) is 0. The lowest BCUT2D eigenvalue weighted by molar-refractivity contribution is 0.173. The second kappa shape index (κ2) is 6.71. The second-order valence-corrected chi connectivity index (χ2v) is 6.32. The van der Waals surface area contributed by atoms with Crippen molar-refractivity contribution in [2.45, 2.75) is 70.5 Å². The summed E-state index contributed by atoms with van der Waals surface area (Å²) in [5, 5.41) is 19.9. The average molecular weight is 264 g/mol. The minimum absolute atomic E-state index is 0.0316. The van der Waals surface area contributed by atoms with Crippen LogP contribution in [-0.2, 0) is 0 Å². The molecule has 2 aliphatic carbocycles. The van der Waals surface area contributed by atoms with Crippen LogP contribution in [0.5, 0.6) is 0 Å². The maximum Gasteiger partial charge on any atom is 0.0721 e. The summed E-state index contributed by atoms with van der Waals surface area (Å²) in [5.41, 5.74) is 0.0316. The lowest BCUT2D eigenvalue weighted by Gasteiger charge is -2.24. The van der Waals surface area contributed by atoms with E-state index in [2.05, 4.69) is 25.2 Å². The minimum Gasteiger partial charge on any atom is -0.393 e. The van der Waals surface area contributed by atoms with E-state index in [0.29, 0.717) is 5.92 Å². The van der Waals surface area contributed by atoms with Crippen LogP contribution in [0.3, 0.4) is 0 Å². The molecule has 2 heteroatoms. The van der Waals surface area contributed by atoms with Crippen LogP contribution in [0.4, 0.5) is 0 Å². The number of fused-ring (bicyclic) bond motifs is 1. The highest BCUT2D eigenvalue weighted by Gasteiger charge is 2.45. The summed E-state index contributed by atoms with van der Waals surface area (Å²) in [4.78, 5) is 0. The molecule has 4 atom stereocenters. The molecule has 0 amide bonds. The molecule has 0 aliphatic heterocycles. The van der Waals surface area contributed by atoms with Gasteiger partial charge < -0.3 is 10.2 Å². The Morgan fingerprint density at radius 1 is 1.37 bits per heavy atom. The van der Waals surface area contributed by atoms with Gasteiger partial charge in [-0.1, -0.05) is 56.9 Å². The number of rotatable bonds is 7. The largest absolute Gasteiger partial charge is 0.393 e. The van der Waals surface area contributed by atoms with Crippen LogP contribution in [0, 0.1) is 11.3 Å². The van der Waals surface area contributed by atoms with Gasteiger partial charge in [0.1, 0.15) is 0 Å². The van der Waals surface area contributed by atoms with Crippen LogP contribution in [0.1, 0.15) is 58.3 Å². The highest BCUT2D eigenvalue weighted by Crippen LogP contribution is 2.51. The molecule has 0 aromatic heterocycles. The van der Waals surface area contributed by atoms with Crippen molar-refractivity contribution in [3.05, 3.63) is 24.3 Å². The lowest BCUT2D eigenvalue weighted by Crippen LogP contribution is -2.17. The molecule has 2 rings (SSSR count). The summed E-state index contributed by atoms with van der Waals surface area (Å²) < 4.78 is 0. The Kier molecular flexibility index (Phi) is 5.23. The van der Waals surface area contributed by atoms with Gasteiger partial charge in [-0.2, -0.15) is 0 Å². The predicted molar refractivity (Wildman–Crippen MR) is 78.8 cm³/mol. The van der Waals surface area contributed by atoms with E-state index in [1.807, 2.05) is 6.08 Å². The third kappa shape index (κ3) is 3.70. The van der Waals surface area contributed by atoms with E-state index in [9.17, 15) is 10.2 Å². The molecule has 0 heterocycles. The fourth-order valence-corrected chi connectivity index (χ4v) is 3.60. The third-order valence-corrected chi connectivity index (χ3v) is 4.74. The Labute approximate surface area is 117 Å². The molecule has 0 radical (unpaired) electrons. The van der Waals surface area contributed by atoms with Crippen molar-refractivity contribution in [2.24, 2.45) is 11.3 Å². The van der Waals surface area contributed by atoms with Crippen molar-refractivity contribution in [2.75, 3.05) is 0 Å². The monoisotopic (exact) mass is 264 g/mol. The molecule has 19 heavy (non-hydrogen) atoms. The Morgan fingerprint density at radius 3 is 3.00 bits per heavy atom. The topological polar surface area (TPSA) is 40.5 Å². The number of unbranched alkanes of at least 4 members (excludes halogenated alkanes) is 3. The zero-order chi connectivity index (χ0) is 13.7. The molecule has 108 valence electrons. The molecule has 2 aliphatic rings. The van der Waals surface area contributed by atoms with Crippen molar-refractivity contribution < 1.29 is 10.2 Å². The highest BCUT2D eigenvalue weighted by atomic mass is 16.3. The average Bonchev–Trinajstić information content (AvgIpc) is 2.88. The molecule has 0 saturated heterocycles. The molecule has 2 nitrogen and oxygen atoms in total. The maximum absolute atomic E-state index is 10.0. The van der Waals surface area contributed by atoms with E-state index in [0.717, 1.165) is 32.1 Å². The van der Waals surface area contributed by atoms with Crippen molar-refractivity contribution in [1.82, 2.24) is 0 Å². The lowest BCUT2D eigenvalue weighted by atomic mass is 9.80. The number of hydrogen-bond donors (Lipinski definition) is 2. The molecule has 3 unspecified atom stereocenters. The fourth-order valence-electron chi connectivity index (χ4n) is 3.60. The molecule has 0 aromatic carbocycles. The summed E-state index contributed by atoms with van der Waals surface area (Å²) in [6.07, 6.45) is 16.6. The Hall–Kier alpha value is -0.600. The summed E-state index contributed by atoms with van der Waals surface area (Å²) in [6, 6.07) is 0. The summed E-state index contributed by atoms with van der Waals surface area (Å²) in [6.45, 7) is 2.20. The minimum atomic E-state index is -0.321. The van der Waals surface area contributed by atoms with Crippen LogP contribution < -0.4 is 0 Å². The first-order valence-electron chi connectivity index (χ1n) is 7.89. The standard InChI is InChI=1S/C17H28O2/c1-2-3-4-5-8-15(18)9-11-17-10-6-7-14(17)12-16(19)13-17/h6,9-11,14-16,18-19H,2-5,7-8,12-13H2,1H3/b11-9+/t14?,15-,16?,17?/m0/s1. The van der Waals surface area contributed by atoms with E-state index in [4.69, 9.17) is 0 Å². The fraction of sp³-hybridized carbons (Fsp3) is 0.765. The van der Waals surface area contributed by atoms with E-state index in [1.54, 1.807) is 0 Å². The maximum atomic E-state index is 10.0. The Morgan fingerprint density at radius 2 is 2.21 bits per heavy atom. The van der Waals surface area contributed by atoms with Crippen LogP contribution in [0.25, 0.3) is 0 Å². The number of aliphatic hydroxyl groups is 2. The molecule has 1 fully saturated rings. The van der Waals surface area contributed by atoms with Crippen molar-refractivity contribution >= 4 is 0 Å². The van der Waals surface area contributed by atoms with Gasteiger partial charge in [0.2, 0.25) is 0 Å². The molecular weight excluding hydrogens is 236 g/mol. The van der Waals surface area contributed by atoms with E-state index in [-0.39, 0.29) is 17.6 Å². The summed E-state index contributed by atoms with van der Waals surface area (Å²) >= 11 is 0. The molecular formula is C17H28O2. The van der Waals surface area contributed by atoms with E-state index in [1.165, 1.54) is 19.3 Å². The van der Waals surface area contributed by atoms with Gasteiger partial charge in [-0.15, -0.1) is 0 Å². The van der Waals surface area contributed by atoms with Gasteiger partial charge in [-0.25, -0.2) is 0 Å². The Balaban J connectivity index is 1.82. The quantitative estimate of drug-likeness (QED) is 0.545. The number of allylic oxidation sites excluding steroid dienone is 3. The van der Waals surface area contributed by atoms with Crippen LogP contribution in [0.2, 0.25) is 0 Å². The molecule has 2 N–H and O–H groups in total. The molecule has 0 spiro atoms. The first-order chi connectivity index (χ1) is 9.16. The summed E-state index contributed by atoms with van der Waals surface area (Å²) in [5.74, 6) is 0.547. The predicted octanol–water partition coefficient (Wildman–Crippen LogP) is 3.59. The van der Waals surface area contributed by atoms with E-state index >= 15 is 0 Å². The number of hydrogen-bond acceptors (Lipinski definition) is 2. The Bertz CT molecular complexity index is 334. The molecule has 0 aromatic rings. The third-order valence-electron chi connectivity index (χ3n) is 4.74. The first-order valence-corrected chi connectivity index (χ1v) is 7.89. The van der Waals surface area contributed by atoms with Gasteiger partial charge in [0, 0.05) is 5.41 Å². The van der Waals surface area contributed by atoms with Gasteiger partial charge >= 0.3 is 0 Å². The normalized spacial score (nSPS) is 35.1. The SMILES string of the molecule is CCCCCC[C@H](O)/C=C/C12C=CCC1CC(O)C2.